The largest absolute Gasteiger partial charge is 0.699 e. The number of unbranched alkanes of at least 4 members (excludes halogenated alkanes) is 8. The van der Waals surface area contributed by atoms with E-state index in [1.807, 2.05) is 0 Å². The first-order valence-corrected chi connectivity index (χ1v) is 8.82. The summed E-state index contributed by atoms with van der Waals surface area (Å²) in [4.78, 5) is 0. The summed E-state index contributed by atoms with van der Waals surface area (Å²) in [5.41, 5.74) is 5.71. The molecule has 0 spiro atoms. The minimum atomic E-state index is -2.03. The van der Waals surface area contributed by atoms with Crippen molar-refractivity contribution in [3.63, 3.8) is 0 Å². The molecular weight excluding hydrogens is 261 g/mol. The van der Waals surface area contributed by atoms with Crippen LogP contribution in [0.5, 0.6) is 0 Å². The van der Waals surface area contributed by atoms with Crippen molar-refractivity contribution in [1.82, 2.24) is 0 Å². The quantitative estimate of drug-likeness (QED) is 0.281. The average molecular weight is 292 g/mol. The van der Waals surface area contributed by atoms with E-state index in [0.717, 1.165) is 12.8 Å². The Morgan fingerprint density at radius 1 is 0.947 bits per heavy atom. The molecule has 2 N–H and O–H groups in total. The third-order valence-corrected chi connectivity index (χ3v) is 3.96. The van der Waals surface area contributed by atoms with Gasteiger partial charge in [-0.1, -0.05) is 58.3 Å². The summed E-state index contributed by atoms with van der Waals surface area (Å²) in [6.45, 7) is 4.41. The van der Waals surface area contributed by atoms with Gasteiger partial charge in [-0.2, -0.15) is 0 Å². The standard InChI is InChI=1S/C14H31NO3P/c1-3-5-6-7-8-9-10-11-12-13-14(15)18-19(16)17-4-2/h14H,3-13,15H2,1-2H3/q+1. The topological polar surface area (TPSA) is 61.5 Å². The number of rotatable bonds is 14. The average Bonchev–Trinajstić information content (AvgIpc) is 2.37. The second-order valence-electron chi connectivity index (χ2n) is 4.90. The van der Waals surface area contributed by atoms with Crippen molar-refractivity contribution in [2.75, 3.05) is 6.61 Å². The van der Waals surface area contributed by atoms with E-state index >= 15 is 0 Å². The second-order valence-corrected chi connectivity index (χ2v) is 5.82. The Hall–Kier alpha value is -0.0200. The van der Waals surface area contributed by atoms with Crippen molar-refractivity contribution in [1.29, 1.82) is 0 Å². The van der Waals surface area contributed by atoms with Gasteiger partial charge in [-0.25, -0.2) is 0 Å². The lowest BCUT2D eigenvalue weighted by molar-refractivity contribution is 0.161. The molecule has 0 amide bonds. The zero-order valence-corrected chi connectivity index (χ0v) is 13.5. The minimum Gasteiger partial charge on any atom is -0.302 e. The minimum absolute atomic E-state index is 0.389. The van der Waals surface area contributed by atoms with Crippen LogP contribution >= 0.6 is 8.25 Å². The summed E-state index contributed by atoms with van der Waals surface area (Å²) >= 11 is 0. The molecule has 0 aliphatic rings. The summed E-state index contributed by atoms with van der Waals surface area (Å²) in [7, 11) is -2.03. The van der Waals surface area contributed by atoms with Crippen LogP contribution in [0.3, 0.4) is 0 Å². The Morgan fingerprint density at radius 3 is 2.00 bits per heavy atom. The van der Waals surface area contributed by atoms with Gasteiger partial charge in [-0.3, -0.25) is 0 Å². The van der Waals surface area contributed by atoms with Gasteiger partial charge in [0, 0.05) is 4.57 Å². The predicted octanol–water partition coefficient (Wildman–Crippen LogP) is 4.90. The molecule has 0 aliphatic heterocycles. The molecule has 0 radical (unpaired) electrons. The van der Waals surface area contributed by atoms with Crippen molar-refractivity contribution < 1.29 is 13.6 Å². The highest BCUT2D eigenvalue weighted by Gasteiger charge is 2.23. The Balaban J connectivity index is 3.22. The number of hydrogen-bond donors (Lipinski definition) is 1. The van der Waals surface area contributed by atoms with E-state index in [1.165, 1.54) is 51.4 Å². The molecule has 2 atom stereocenters. The Labute approximate surface area is 119 Å². The SMILES string of the molecule is CCCCCCCCCCCC(N)O[P+](=O)OCC. The second kappa shape index (κ2) is 14.4. The third-order valence-electron chi connectivity index (χ3n) is 3.05. The third kappa shape index (κ3) is 14.2. The fourth-order valence-electron chi connectivity index (χ4n) is 1.96. The summed E-state index contributed by atoms with van der Waals surface area (Å²) in [6, 6.07) is 0. The molecule has 0 aromatic carbocycles. The van der Waals surface area contributed by atoms with E-state index in [-0.39, 0.29) is 0 Å². The predicted molar refractivity (Wildman–Crippen MR) is 80.1 cm³/mol. The van der Waals surface area contributed by atoms with Crippen LogP contribution in [0.1, 0.15) is 78.1 Å². The molecule has 0 aromatic rings. The molecule has 0 saturated carbocycles. The van der Waals surface area contributed by atoms with Crippen molar-refractivity contribution in [2.45, 2.75) is 84.3 Å². The first-order chi connectivity index (χ1) is 9.20. The first-order valence-electron chi connectivity index (χ1n) is 7.73. The van der Waals surface area contributed by atoms with Gasteiger partial charge in [0.1, 0.15) is 6.61 Å². The maximum Gasteiger partial charge on any atom is 0.699 e. The molecular formula is C14H31NO3P+. The zero-order chi connectivity index (χ0) is 14.3. The molecule has 0 aromatic heterocycles. The Morgan fingerprint density at radius 2 is 1.47 bits per heavy atom. The normalized spacial score (nSPS) is 13.5. The van der Waals surface area contributed by atoms with E-state index in [0.29, 0.717) is 6.61 Å². The number of nitrogens with two attached hydrogens (primary N) is 1. The highest BCUT2D eigenvalue weighted by molar-refractivity contribution is 7.33. The lowest BCUT2D eigenvalue weighted by Crippen LogP contribution is -2.20. The molecule has 19 heavy (non-hydrogen) atoms. The lowest BCUT2D eigenvalue weighted by Gasteiger charge is -2.04. The number of hydrogen-bond acceptors (Lipinski definition) is 4. The van der Waals surface area contributed by atoms with Gasteiger partial charge in [-0.15, -0.1) is 9.05 Å². The molecule has 2 unspecified atom stereocenters. The van der Waals surface area contributed by atoms with Crippen LogP contribution < -0.4 is 5.73 Å². The molecule has 0 rings (SSSR count). The van der Waals surface area contributed by atoms with Crippen molar-refractivity contribution in [3.8, 4) is 0 Å². The van der Waals surface area contributed by atoms with Crippen LogP contribution in [0.4, 0.5) is 0 Å². The van der Waals surface area contributed by atoms with E-state index < -0.39 is 14.5 Å². The lowest BCUT2D eigenvalue weighted by atomic mass is 10.1. The van der Waals surface area contributed by atoms with E-state index in [2.05, 4.69) is 6.92 Å². The van der Waals surface area contributed by atoms with E-state index in [4.69, 9.17) is 14.8 Å². The molecule has 0 aliphatic carbocycles. The molecule has 114 valence electrons. The maximum absolute atomic E-state index is 11.1. The van der Waals surface area contributed by atoms with Gasteiger partial charge in [0.15, 0.2) is 6.23 Å². The highest BCUT2D eigenvalue weighted by atomic mass is 31.1. The van der Waals surface area contributed by atoms with Crippen molar-refractivity contribution >= 4 is 8.25 Å². The fraction of sp³-hybridized carbons (Fsp3) is 1.00. The van der Waals surface area contributed by atoms with E-state index in [9.17, 15) is 4.57 Å². The zero-order valence-electron chi connectivity index (χ0n) is 12.6. The van der Waals surface area contributed by atoms with Gasteiger partial charge in [-0.05, 0) is 19.8 Å². The van der Waals surface area contributed by atoms with Gasteiger partial charge < -0.3 is 5.73 Å². The summed E-state index contributed by atoms with van der Waals surface area (Å²) < 4.78 is 21.0. The van der Waals surface area contributed by atoms with Crippen LogP contribution in [-0.4, -0.2) is 12.8 Å². The van der Waals surface area contributed by atoms with Crippen LogP contribution in [0.25, 0.3) is 0 Å². The summed E-state index contributed by atoms with van der Waals surface area (Å²) in [6.07, 6.45) is 11.8. The van der Waals surface area contributed by atoms with Gasteiger partial charge in [0.25, 0.3) is 0 Å². The maximum atomic E-state index is 11.1. The van der Waals surface area contributed by atoms with Crippen LogP contribution in [0.15, 0.2) is 0 Å². The molecule has 0 bridgehead atoms. The molecule has 0 fully saturated rings. The van der Waals surface area contributed by atoms with Gasteiger partial charge in [0.2, 0.25) is 0 Å². The Kier molecular flexibility index (Phi) is 14.4. The fourth-order valence-corrected chi connectivity index (χ4v) is 2.55. The monoisotopic (exact) mass is 292 g/mol. The molecule has 5 heteroatoms. The summed E-state index contributed by atoms with van der Waals surface area (Å²) in [5.74, 6) is 0. The van der Waals surface area contributed by atoms with E-state index in [1.54, 1.807) is 6.92 Å². The molecule has 0 saturated heterocycles. The highest BCUT2D eigenvalue weighted by Crippen LogP contribution is 2.25. The van der Waals surface area contributed by atoms with Gasteiger partial charge >= 0.3 is 8.25 Å². The summed E-state index contributed by atoms with van der Waals surface area (Å²) in [5, 5.41) is 0. The molecule has 0 heterocycles. The van der Waals surface area contributed by atoms with Crippen molar-refractivity contribution in [2.24, 2.45) is 5.73 Å². The van der Waals surface area contributed by atoms with Crippen LogP contribution in [0.2, 0.25) is 0 Å². The Bertz CT molecular complexity index is 215. The van der Waals surface area contributed by atoms with Crippen LogP contribution in [-0.2, 0) is 13.6 Å². The van der Waals surface area contributed by atoms with Gasteiger partial charge in [0.05, 0.1) is 0 Å². The first kappa shape index (κ1) is 19.0. The van der Waals surface area contributed by atoms with Crippen LogP contribution in [0, 0.1) is 0 Å². The molecule has 4 nitrogen and oxygen atoms in total. The van der Waals surface area contributed by atoms with Crippen molar-refractivity contribution in [3.05, 3.63) is 0 Å². The smallest absolute Gasteiger partial charge is 0.302 e.